The first-order valence-electron chi connectivity index (χ1n) is 8.08. The Kier molecular flexibility index (Phi) is 5.42. The predicted molar refractivity (Wildman–Crippen MR) is 79.0 cm³/mol. The van der Waals surface area contributed by atoms with E-state index in [0.717, 1.165) is 38.8 Å². The van der Waals surface area contributed by atoms with Gasteiger partial charge in [-0.25, -0.2) is 0 Å². The molecule has 0 aromatic heterocycles. The molecule has 2 rings (SSSR count). The maximum absolute atomic E-state index is 12.3. The van der Waals surface area contributed by atoms with Crippen LogP contribution < -0.4 is 5.32 Å². The lowest BCUT2D eigenvalue weighted by molar-refractivity contribution is -0.124. The molecule has 1 atom stereocenters. The number of nitrogens with zero attached hydrogens (tertiary/aromatic N) is 2. The lowest BCUT2D eigenvalue weighted by Gasteiger charge is -2.32. The number of piperidine rings is 1. The number of likely N-dealkylation sites (tertiary alicyclic amines) is 1. The minimum absolute atomic E-state index is 0.0301. The number of nitrogens with one attached hydrogen (secondary N) is 1. The standard InChI is InChI=1S/C16H27N3O/c1-14-7-6-10-19(11-14)12-15(20)18-16(13-17)8-4-2-3-5-9-16/h14H,2-12H2,1H3,(H,18,20). The van der Waals surface area contributed by atoms with Gasteiger partial charge in [-0.3, -0.25) is 9.69 Å². The number of carbonyl (C=O) groups excluding carboxylic acids is 1. The Morgan fingerprint density at radius 2 is 2.00 bits per heavy atom. The second-order valence-corrected chi connectivity index (χ2v) is 6.64. The van der Waals surface area contributed by atoms with Crippen molar-refractivity contribution in [2.45, 2.75) is 63.8 Å². The van der Waals surface area contributed by atoms with Gasteiger partial charge in [-0.05, 0) is 38.1 Å². The summed E-state index contributed by atoms with van der Waals surface area (Å²) in [4.78, 5) is 14.5. The van der Waals surface area contributed by atoms with Crippen molar-refractivity contribution >= 4 is 5.91 Å². The number of nitriles is 1. The second-order valence-electron chi connectivity index (χ2n) is 6.64. The third-order valence-electron chi connectivity index (χ3n) is 4.66. The molecule has 0 aromatic carbocycles. The molecular weight excluding hydrogens is 250 g/mol. The Hall–Kier alpha value is -1.08. The van der Waals surface area contributed by atoms with Gasteiger partial charge in [0.05, 0.1) is 12.6 Å². The predicted octanol–water partition coefficient (Wildman–Crippen LogP) is 2.45. The van der Waals surface area contributed by atoms with Crippen LogP contribution in [0.2, 0.25) is 0 Å². The Morgan fingerprint density at radius 3 is 2.60 bits per heavy atom. The van der Waals surface area contributed by atoms with Gasteiger partial charge >= 0.3 is 0 Å². The van der Waals surface area contributed by atoms with Crippen LogP contribution in [0.1, 0.15) is 58.3 Å². The highest BCUT2D eigenvalue weighted by Crippen LogP contribution is 2.26. The van der Waals surface area contributed by atoms with Crippen LogP contribution in [-0.2, 0) is 4.79 Å². The van der Waals surface area contributed by atoms with Crippen molar-refractivity contribution < 1.29 is 4.79 Å². The Labute approximate surface area is 122 Å². The zero-order valence-electron chi connectivity index (χ0n) is 12.7. The van der Waals surface area contributed by atoms with E-state index in [1.807, 2.05) is 0 Å². The molecule has 1 saturated heterocycles. The topological polar surface area (TPSA) is 56.1 Å². The van der Waals surface area contributed by atoms with E-state index in [-0.39, 0.29) is 5.91 Å². The first-order valence-corrected chi connectivity index (χ1v) is 8.08. The van der Waals surface area contributed by atoms with Crippen LogP contribution in [0, 0.1) is 17.2 Å². The fraction of sp³-hybridized carbons (Fsp3) is 0.875. The average Bonchev–Trinajstić information content (AvgIpc) is 2.65. The Bertz CT molecular complexity index is 366. The summed E-state index contributed by atoms with van der Waals surface area (Å²) in [5, 5.41) is 12.5. The lowest BCUT2D eigenvalue weighted by atomic mass is 9.92. The molecule has 0 radical (unpaired) electrons. The van der Waals surface area contributed by atoms with Crippen LogP contribution in [0.4, 0.5) is 0 Å². The second kappa shape index (κ2) is 7.08. The quantitative estimate of drug-likeness (QED) is 0.806. The summed E-state index contributed by atoms with van der Waals surface area (Å²) in [6.07, 6.45) is 8.53. The molecule has 20 heavy (non-hydrogen) atoms. The van der Waals surface area contributed by atoms with Crippen molar-refractivity contribution in [2.24, 2.45) is 5.92 Å². The average molecular weight is 277 g/mol. The van der Waals surface area contributed by atoms with E-state index in [1.165, 1.54) is 25.7 Å². The summed E-state index contributed by atoms with van der Waals surface area (Å²) in [6, 6.07) is 2.38. The van der Waals surface area contributed by atoms with Crippen molar-refractivity contribution in [3.05, 3.63) is 0 Å². The van der Waals surface area contributed by atoms with Crippen molar-refractivity contribution in [1.29, 1.82) is 5.26 Å². The Balaban J connectivity index is 1.87. The zero-order valence-corrected chi connectivity index (χ0v) is 12.7. The molecular formula is C16H27N3O. The van der Waals surface area contributed by atoms with E-state index >= 15 is 0 Å². The van der Waals surface area contributed by atoms with Gasteiger partial charge in [0.25, 0.3) is 0 Å². The summed E-state index contributed by atoms with van der Waals surface area (Å²) >= 11 is 0. The molecule has 2 aliphatic rings. The smallest absolute Gasteiger partial charge is 0.235 e. The fourth-order valence-corrected chi connectivity index (χ4v) is 3.54. The van der Waals surface area contributed by atoms with E-state index in [2.05, 4.69) is 23.2 Å². The highest BCUT2D eigenvalue weighted by atomic mass is 16.2. The summed E-state index contributed by atoms with van der Waals surface area (Å²) in [6.45, 7) is 4.71. The molecule has 112 valence electrons. The third-order valence-corrected chi connectivity index (χ3v) is 4.66. The van der Waals surface area contributed by atoms with Gasteiger partial charge in [-0.15, -0.1) is 0 Å². The van der Waals surface area contributed by atoms with Gasteiger partial charge < -0.3 is 5.32 Å². The maximum Gasteiger partial charge on any atom is 0.235 e. The van der Waals surface area contributed by atoms with Crippen LogP contribution in [0.25, 0.3) is 0 Å². The number of hydrogen-bond donors (Lipinski definition) is 1. The number of rotatable bonds is 3. The zero-order chi connectivity index (χ0) is 14.4. The minimum Gasteiger partial charge on any atom is -0.337 e. The monoisotopic (exact) mass is 277 g/mol. The highest BCUT2D eigenvalue weighted by molar-refractivity contribution is 5.79. The van der Waals surface area contributed by atoms with E-state index in [1.54, 1.807) is 0 Å². The van der Waals surface area contributed by atoms with Crippen LogP contribution in [0.15, 0.2) is 0 Å². The molecule has 4 heteroatoms. The van der Waals surface area contributed by atoms with Crippen molar-refractivity contribution in [3.8, 4) is 6.07 Å². The molecule has 1 N–H and O–H groups in total. The molecule has 0 aromatic rings. The van der Waals surface area contributed by atoms with E-state index in [9.17, 15) is 10.1 Å². The summed E-state index contributed by atoms with van der Waals surface area (Å²) in [7, 11) is 0. The normalized spacial score (nSPS) is 27.3. The van der Waals surface area contributed by atoms with Gasteiger partial charge in [0.2, 0.25) is 5.91 Å². The third kappa shape index (κ3) is 4.21. The van der Waals surface area contributed by atoms with Gasteiger partial charge in [0.1, 0.15) is 5.54 Å². The van der Waals surface area contributed by atoms with Gasteiger partial charge in [0, 0.05) is 6.54 Å². The maximum atomic E-state index is 12.3. The fourth-order valence-electron chi connectivity index (χ4n) is 3.54. The van der Waals surface area contributed by atoms with Crippen LogP contribution in [0.5, 0.6) is 0 Å². The number of amides is 1. The molecule has 1 unspecified atom stereocenters. The first kappa shape index (κ1) is 15.3. The van der Waals surface area contributed by atoms with Gasteiger partial charge in [0.15, 0.2) is 0 Å². The van der Waals surface area contributed by atoms with E-state index in [4.69, 9.17) is 0 Å². The van der Waals surface area contributed by atoms with Crippen LogP contribution in [-0.4, -0.2) is 36.0 Å². The van der Waals surface area contributed by atoms with Gasteiger partial charge in [-0.1, -0.05) is 32.6 Å². The molecule has 2 fully saturated rings. The van der Waals surface area contributed by atoms with E-state index in [0.29, 0.717) is 12.5 Å². The SMILES string of the molecule is CC1CCCN(CC(=O)NC2(C#N)CCCCCC2)C1. The summed E-state index contributed by atoms with van der Waals surface area (Å²) < 4.78 is 0. The van der Waals surface area contributed by atoms with Crippen LogP contribution >= 0.6 is 0 Å². The molecule has 4 nitrogen and oxygen atoms in total. The van der Waals surface area contributed by atoms with Crippen LogP contribution in [0.3, 0.4) is 0 Å². The molecule has 0 spiro atoms. The Morgan fingerprint density at radius 1 is 1.30 bits per heavy atom. The van der Waals surface area contributed by atoms with Crippen molar-refractivity contribution in [2.75, 3.05) is 19.6 Å². The summed E-state index contributed by atoms with van der Waals surface area (Å²) in [5.41, 5.74) is -0.602. The molecule has 0 bridgehead atoms. The highest BCUT2D eigenvalue weighted by Gasteiger charge is 2.33. The minimum atomic E-state index is -0.602. The molecule has 1 saturated carbocycles. The number of hydrogen-bond acceptors (Lipinski definition) is 3. The molecule has 1 heterocycles. The molecule has 1 aliphatic carbocycles. The number of carbonyl (C=O) groups is 1. The van der Waals surface area contributed by atoms with Gasteiger partial charge in [-0.2, -0.15) is 5.26 Å². The molecule has 1 aliphatic heterocycles. The largest absolute Gasteiger partial charge is 0.337 e. The first-order chi connectivity index (χ1) is 9.63. The summed E-state index contributed by atoms with van der Waals surface area (Å²) in [5.74, 6) is 0.710. The lowest BCUT2D eigenvalue weighted by Crippen LogP contribution is -2.51. The van der Waals surface area contributed by atoms with Crippen molar-refractivity contribution in [1.82, 2.24) is 10.2 Å². The molecule has 1 amide bonds. The van der Waals surface area contributed by atoms with Crippen molar-refractivity contribution in [3.63, 3.8) is 0 Å². The van der Waals surface area contributed by atoms with E-state index < -0.39 is 5.54 Å².